The number of hydrogen-bond donors (Lipinski definition) is 3. The maximum atomic E-state index is 12.2. The van der Waals surface area contributed by atoms with Gasteiger partial charge in [0.15, 0.2) is 0 Å². The second-order valence-electron chi connectivity index (χ2n) is 6.34. The van der Waals surface area contributed by atoms with Gasteiger partial charge in [-0.15, -0.1) is 0 Å². The summed E-state index contributed by atoms with van der Waals surface area (Å²) in [4.78, 5) is 19.6. The Labute approximate surface area is 119 Å². The minimum absolute atomic E-state index is 0.122. The summed E-state index contributed by atoms with van der Waals surface area (Å²) in [5.74, 6) is 1.65. The summed E-state index contributed by atoms with van der Waals surface area (Å²) < 4.78 is 0. The van der Waals surface area contributed by atoms with Gasteiger partial charge in [0, 0.05) is 19.5 Å². The van der Waals surface area contributed by atoms with Crippen molar-refractivity contribution < 1.29 is 4.79 Å². The molecule has 2 heterocycles. The van der Waals surface area contributed by atoms with Crippen molar-refractivity contribution in [2.24, 2.45) is 11.8 Å². The zero-order chi connectivity index (χ0) is 13.9. The molecule has 0 spiro atoms. The van der Waals surface area contributed by atoms with Gasteiger partial charge < -0.3 is 10.3 Å². The number of nitrogens with one attached hydrogen (secondary N) is 3. The van der Waals surface area contributed by atoms with E-state index in [0.29, 0.717) is 18.9 Å². The first-order chi connectivity index (χ1) is 9.72. The van der Waals surface area contributed by atoms with Crippen LogP contribution >= 0.6 is 0 Å². The van der Waals surface area contributed by atoms with Crippen molar-refractivity contribution in [3.8, 4) is 0 Å². The summed E-state index contributed by atoms with van der Waals surface area (Å²) in [5.41, 5.74) is 2.13. The van der Waals surface area contributed by atoms with Crippen molar-refractivity contribution in [1.29, 1.82) is 0 Å². The van der Waals surface area contributed by atoms with Gasteiger partial charge in [0.25, 0.3) is 0 Å². The Balaban J connectivity index is 1.46. The molecule has 0 radical (unpaired) electrons. The fraction of sp³-hybridized carbons (Fsp3) is 0.733. The maximum absolute atomic E-state index is 12.2. The third-order valence-electron chi connectivity index (χ3n) is 4.75. The lowest BCUT2D eigenvalue weighted by molar-refractivity contribution is -0.123. The first-order valence-corrected chi connectivity index (χ1v) is 7.74. The number of carbonyl (C=O) groups is 1. The lowest BCUT2D eigenvalue weighted by atomic mass is 9.83. The quantitative estimate of drug-likeness (QED) is 0.781. The molecule has 5 nitrogen and oxygen atoms in total. The average molecular weight is 276 g/mol. The van der Waals surface area contributed by atoms with Gasteiger partial charge in [-0.2, -0.15) is 0 Å². The number of amides is 1. The van der Waals surface area contributed by atoms with E-state index in [9.17, 15) is 4.79 Å². The fourth-order valence-corrected chi connectivity index (χ4v) is 3.26. The topological polar surface area (TPSA) is 69.8 Å². The summed E-state index contributed by atoms with van der Waals surface area (Å²) in [6, 6.07) is -0.131. The Hall–Kier alpha value is -1.36. The van der Waals surface area contributed by atoms with Gasteiger partial charge in [0.2, 0.25) is 5.91 Å². The first-order valence-electron chi connectivity index (χ1n) is 7.74. The molecule has 1 fully saturated rings. The molecule has 3 rings (SSSR count). The van der Waals surface area contributed by atoms with Gasteiger partial charge in [0.1, 0.15) is 0 Å². The number of hydrogen-bond acceptors (Lipinski definition) is 3. The highest BCUT2D eigenvalue weighted by atomic mass is 16.2. The molecule has 5 heteroatoms. The molecule has 0 bridgehead atoms. The molecule has 0 aromatic carbocycles. The van der Waals surface area contributed by atoms with Crippen LogP contribution < -0.4 is 10.6 Å². The molecular weight excluding hydrogens is 252 g/mol. The monoisotopic (exact) mass is 276 g/mol. The summed E-state index contributed by atoms with van der Waals surface area (Å²) in [5, 5.41) is 6.39. The SMILES string of the molecule is CC1CCC(CNC(=O)C2Cc3nc[nH]c3CN2)CC1. The molecule has 1 atom stereocenters. The summed E-state index contributed by atoms with van der Waals surface area (Å²) >= 11 is 0. The molecule has 3 N–H and O–H groups in total. The third kappa shape index (κ3) is 3.03. The van der Waals surface area contributed by atoms with E-state index in [2.05, 4.69) is 27.5 Å². The van der Waals surface area contributed by atoms with Crippen LogP contribution in [0.5, 0.6) is 0 Å². The molecule has 1 saturated carbocycles. The van der Waals surface area contributed by atoms with Crippen molar-refractivity contribution in [3.05, 3.63) is 17.7 Å². The van der Waals surface area contributed by atoms with Crippen LogP contribution in [-0.4, -0.2) is 28.5 Å². The van der Waals surface area contributed by atoms with Gasteiger partial charge in [0.05, 0.1) is 23.8 Å². The number of H-pyrrole nitrogens is 1. The first kappa shape index (κ1) is 13.6. The molecule has 1 aromatic heterocycles. The van der Waals surface area contributed by atoms with Crippen LogP contribution in [-0.2, 0) is 17.8 Å². The predicted octanol–water partition coefficient (Wildman–Crippen LogP) is 1.37. The molecule has 2 aliphatic rings. The Kier molecular flexibility index (Phi) is 4.05. The highest BCUT2D eigenvalue weighted by Gasteiger charge is 2.26. The Morgan fingerprint density at radius 3 is 3.00 bits per heavy atom. The number of aromatic amines is 1. The lowest BCUT2D eigenvalue weighted by Crippen LogP contribution is -2.48. The zero-order valence-electron chi connectivity index (χ0n) is 12.1. The van der Waals surface area contributed by atoms with E-state index in [1.165, 1.54) is 25.7 Å². The van der Waals surface area contributed by atoms with Crippen molar-refractivity contribution in [2.75, 3.05) is 6.54 Å². The van der Waals surface area contributed by atoms with E-state index in [4.69, 9.17) is 0 Å². The second-order valence-corrected chi connectivity index (χ2v) is 6.34. The van der Waals surface area contributed by atoms with Crippen LogP contribution in [0, 0.1) is 11.8 Å². The Morgan fingerprint density at radius 2 is 2.20 bits per heavy atom. The van der Waals surface area contributed by atoms with E-state index >= 15 is 0 Å². The molecule has 1 aliphatic heterocycles. The van der Waals surface area contributed by atoms with Gasteiger partial charge in [-0.1, -0.05) is 19.8 Å². The van der Waals surface area contributed by atoms with E-state index < -0.39 is 0 Å². The van der Waals surface area contributed by atoms with Crippen LogP contribution in [0.1, 0.15) is 44.0 Å². The predicted molar refractivity (Wildman–Crippen MR) is 77.1 cm³/mol. The fourth-order valence-electron chi connectivity index (χ4n) is 3.26. The van der Waals surface area contributed by atoms with Gasteiger partial charge in [-0.05, 0) is 24.7 Å². The molecule has 1 aromatic rings. The molecular formula is C15H24N4O. The molecule has 1 aliphatic carbocycles. The molecule has 1 amide bonds. The standard InChI is InChI=1S/C15H24N4O/c1-10-2-4-11(5-3-10)7-17-15(20)13-6-12-14(8-16-13)19-9-18-12/h9-11,13,16H,2-8H2,1H3,(H,17,20)(H,18,19). The largest absolute Gasteiger partial charge is 0.354 e. The van der Waals surface area contributed by atoms with Crippen LogP contribution in [0.25, 0.3) is 0 Å². The smallest absolute Gasteiger partial charge is 0.237 e. The third-order valence-corrected chi connectivity index (χ3v) is 4.75. The van der Waals surface area contributed by atoms with Crippen LogP contribution in [0.3, 0.4) is 0 Å². The molecule has 20 heavy (non-hydrogen) atoms. The van der Waals surface area contributed by atoms with Crippen molar-refractivity contribution in [1.82, 2.24) is 20.6 Å². The van der Waals surface area contributed by atoms with E-state index in [0.717, 1.165) is 23.9 Å². The molecule has 0 saturated heterocycles. The highest BCUT2D eigenvalue weighted by molar-refractivity contribution is 5.82. The van der Waals surface area contributed by atoms with Crippen molar-refractivity contribution in [3.63, 3.8) is 0 Å². The molecule has 1 unspecified atom stereocenters. The number of carbonyl (C=O) groups excluding carboxylic acids is 1. The normalized spacial score (nSPS) is 29.8. The van der Waals surface area contributed by atoms with Crippen LogP contribution in [0.4, 0.5) is 0 Å². The minimum atomic E-state index is -0.131. The number of imidazole rings is 1. The average Bonchev–Trinajstić information content (AvgIpc) is 2.93. The second kappa shape index (κ2) is 5.95. The zero-order valence-corrected chi connectivity index (χ0v) is 12.1. The van der Waals surface area contributed by atoms with Gasteiger partial charge >= 0.3 is 0 Å². The summed E-state index contributed by atoms with van der Waals surface area (Å²) in [6.07, 6.45) is 7.51. The van der Waals surface area contributed by atoms with Crippen molar-refractivity contribution in [2.45, 2.75) is 51.6 Å². The van der Waals surface area contributed by atoms with Crippen molar-refractivity contribution >= 4 is 5.91 Å². The Bertz CT molecular complexity index is 462. The lowest BCUT2D eigenvalue weighted by Gasteiger charge is -2.27. The summed E-state index contributed by atoms with van der Waals surface area (Å²) in [6.45, 7) is 3.85. The Morgan fingerprint density at radius 1 is 1.40 bits per heavy atom. The van der Waals surface area contributed by atoms with Crippen LogP contribution in [0.2, 0.25) is 0 Å². The maximum Gasteiger partial charge on any atom is 0.237 e. The summed E-state index contributed by atoms with van der Waals surface area (Å²) in [7, 11) is 0. The number of fused-ring (bicyclic) bond motifs is 1. The number of rotatable bonds is 3. The van der Waals surface area contributed by atoms with E-state index in [1.54, 1.807) is 6.33 Å². The minimum Gasteiger partial charge on any atom is -0.354 e. The number of aromatic nitrogens is 2. The number of nitrogens with zero attached hydrogens (tertiary/aromatic N) is 1. The van der Waals surface area contributed by atoms with Gasteiger partial charge in [-0.3, -0.25) is 10.1 Å². The van der Waals surface area contributed by atoms with Gasteiger partial charge in [-0.25, -0.2) is 4.98 Å². The highest BCUT2D eigenvalue weighted by Crippen LogP contribution is 2.27. The van der Waals surface area contributed by atoms with Crippen LogP contribution in [0.15, 0.2) is 6.33 Å². The molecule has 110 valence electrons. The van der Waals surface area contributed by atoms with E-state index in [1.807, 2.05) is 0 Å². The van der Waals surface area contributed by atoms with E-state index in [-0.39, 0.29) is 11.9 Å².